The number of rotatable bonds is 4. The van der Waals surface area contributed by atoms with Crippen molar-refractivity contribution in [1.82, 2.24) is 0 Å². The second kappa shape index (κ2) is 4.96. The van der Waals surface area contributed by atoms with Crippen molar-refractivity contribution in [3.63, 3.8) is 0 Å². The van der Waals surface area contributed by atoms with Crippen LogP contribution in [0.4, 0.5) is 14.5 Å². The summed E-state index contributed by atoms with van der Waals surface area (Å²) in [6.45, 7) is 3.85. The molecular formula is C13H17F2NO3S. The Hall–Kier alpha value is -1.21. The van der Waals surface area contributed by atoms with E-state index in [-0.39, 0.29) is 17.6 Å². The number of hydrogen-bond acceptors (Lipinski definition) is 4. The molecule has 0 heterocycles. The molecule has 4 nitrogen and oxygen atoms in total. The van der Waals surface area contributed by atoms with Crippen LogP contribution in [-0.2, 0) is 9.84 Å². The predicted molar refractivity (Wildman–Crippen MR) is 71.4 cm³/mol. The number of aliphatic hydroxyl groups is 1. The van der Waals surface area contributed by atoms with Crippen LogP contribution < -0.4 is 5.32 Å². The molecule has 20 heavy (non-hydrogen) atoms. The van der Waals surface area contributed by atoms with Crippen molar-refractivity contribution in [1.29, 1.82) is 0 Å². The van der Waals surface area contributed by atoms with Gasteiger partial charge in [-0.3, -0.25) is 0 Å². The lowest BCUT2D eigenvalue weighted by atomic mass is 9.64. The first-order valence-electron chi connectivity index (χ1n) is 6.22. The molecule has 1 aromatic carbocycles. The largest absolute Gasteiger partial charge is 0.392 e. The Kier molecular flexibility index (Phi) is 3.77. The van der Waals surface area contributed by atoms with E-state index < -0.39 is 20.5 Å². The molecule has 112 valence electrons. The van der Waals surface area contributed by atoms with Gasteiger partial charge >= 0.3 is 5.76 Å². The number of halogens is 2. The summed E-state index contributed by atoms with van der Waals surface area (Å²) in [7, 11) is -4.55. The van der Waals surface area contributed by atoms with E-state index in [0.717, 1.165) is 12.1 Å². The lowest BCUT2D eigenvalue weighted by Gasteiger charge is -2.49. The summed E-state index contributed by atoms with van der Waals surface area (Å²) in [5.74, 6) is -3.41. The van der Waals surface area contributed by atoms with Gasteiger partial charge in [-0.05, 0) is 30.7 Å². The Morgan fingerprint density at radius 2 is 1.85 bits per heavy atom. The summed E-state index contributed by atoms with van der Waals surface area (Å²) in [6, 6.07) is 5.29. The third kappa shape index (κ3) is 2.52. The average Bonchev–Trinajstić information content (AvgIpc) is 2.39. The lowest BCUT2D eigenvalue weighted by molar-refractivity contribution is -0.0510. The molecule has 0 bridgehead atoms. The molecule has 2 rings (SSSR count). The molecule has 7 heteroatoms. The molecule has 1 fully saturated rings. The van der Waals surface area contributed by atoms with Gasteiger partial charge in [0.25, 0.3) is 0 Å². The average molecular weight is 305 g/mol. The molecule has 2 atom stereocenters. The summed E-state index contributed by atoms with van der Waals surface area (Å²) in [4.78, 5) is -0.397. The number of benzene rings is 1. The highest BCUT2D eigenvalue weighted by Crippen LogP contribution is 2.42. The van der Waals surface area contributed by atoms with Crippen LogP contribution in [-0.4, -0.2) is 31.4 Å². The van der Waals surface area contributed by atoms with Gasteiger partial charge < -0.3 is 10.4 Å². The molecule has 1 aromatic rings. The smallest absolute Gasteiger partial charge is 0.341 e. The topological polar surface area (TPSA) is 66.4 Å². The lowest BCUT2D eigenvalue weighted by Crippen LogP contribution is -2.56. The van der Waals surface area contributed by atoms with Gasteiger partial charge in [0.2, 0.25) is 9.84 Å². The monoisotopic (exact) mass is 305 g/mol. The molecule has 2 N–H and O–H groups in total. The minimum atomic E-state index is -4.55. The predicted octanol–water partition coefficient (Wildman–Crippen LogP) is 2.25. The number of anilines is 1. The summed E-state index contributed by atoms with van der Waals surface area (Å²) in [5, 5.41) is 12.8. The number of hydrogen-bond donors (Lipinski definition) is 2. The number of sulfone groups is 1. The molecular weight excluding hydrogens is 288 g/mol. The fourth-order valence-electron chi connectivity index (χ4n) is 2.19. The van der Waals surface area contributed by atoms with Crippen LogP contribution in [0, 0.1) is 5.41 Å². The van der Waals surface area contributed by atoms with Crippen molar-refractivity contribution in [2.24, 2.45) is 5.41 Å². The first-order chi connectivity index (χ1) is 9.15. The second-order valence-electron chi connectivity index (χ2n) is 5.60. The normalized spacial score (nSPS) is 25.3. The van der Waals surface area contributed by atoms with Crippen molar-refractivity contribution in [3.05, 3.63) is 24.3 Å². The molecule has 0 radical (unpaired) electrons. The number of aliphatic hydroxyl groups excluding tert-OH is 1. The fourth-order valence-corrected chi connectivity index (χ4v) is 2.91. The zero-order chi connectivity index (χ0) is 15.1. The van der Waals surface area contributed by atoms with Crippen molar-refractivity contribution >= 4 is 15.5 Å². The van der Waals surface area contributed by atoms with E-state index in [2.05, 4.69) is 5.32 Å². The van der Waals surface area contributed by atoms with Crippen LogP contribution in [0.5, 0.6) is 0 Å². The SMILES string of the molecule is CC1(C)C(O)CC1Nc1ccc(S(=O)(=O)C(F)F)cc1. The van der Waals surface area contributed by atoms with Gasteiger partial charge in [-0.25, -0.2) is 8.42 Å². The third-order valence-electron chi connectivity index (χ3n) is 3.97. The molecule has 0 aliphatic heterocycles. The van der Waals surface area contributed by atoms with Crippen molar-refractivity contribution < 1.29 is 22.3 Å². The third-order valence-corrected chi connectivity index (χ3v) is 5.37. The van der Waals surface area contributed by atoms with E-state index in [1.54, 1.807) is 0 Å². The molecule has 1 saturated carbocycles. The molecule has 1 aliphatic rings. The van der Waals surface area contributed by atoms with E-state index >= 15 is 0 Å². The van der Waals surface area contributed by atoms with Gasteiger partial charge in [-0.15, -0.1) is 0 Å². The maximum Gasteiger partial charge on any atom is 0.341 e. The first kappa shape index (κ1) is 15.2. The molecule has 0 spiro atoms. The van der Waals surface area contributed by atoms with Crippen LogP contribution in [0.15, 0.2) is 29.2 Å². The number of alkyl halides is 2. The maximum atomic E-state index is 12.4. The van der Waals surface area contributed by atoms with E-state index in [0.29, 0.717) is 12.1 Å². The molecule has 0 saturated heterocycles. The molecule has 0 amide bonds. The molecule has 1 aliphatic carbocycles. The highest BCUT2D eigenvalue weighted by atomic mass is 32.2. The van der Waals surface area contributed by atoms with Gasteiger partial charge in [0.05, 0.1) is 11.0 Å². The molecule has 2 unspecified atom stereocenters. The highest BCUT2D eigenvalue weighted by molar-refractivity contribution is 7.91. The summed E-state index contributed by atoms with van der Waals surface area (Å²) in [6.07, 6.45) is 0.225. The zero-order valence-corrected chi connectivity index (χ0v) is 12.0. The van der Waals surface area contributed by atoms with Gasteiger partial charge in [-0.1, -0.05) is 13.8 Å². The van der Waals surface area contributed by atoms with Gasteiger partial charge in [0.15, 0.2) is 0 Å². The van der Waals surface area contributed by atoms with Gasteiger partial charge in [0.1, 0.15) is 0 Å². The van der Waals surface area contributed by atoms with Crippen LogP contribution in [0.3, 0.4) is 0 Å². The van der Waals surface area contributed by atoms with Crippen LogP contribution >= 0.6 is 0 Å². The number of nitrogens with one attached hydrogen (secondary N) is 1. The van der Waals surface area contributed by atoms with Crippen LogP contribution in [0.2, 0.25) is 0 Å². The standard InChI is InChI=1S/C13H17F2NO3S/c1-13(2)10(7-11(13)17)16-8-3-5-9(6-4-8)20(18,19)12(14)15/h3-6,10-12,16-17H,7H2,1-2H3. The van der Waals surface area contributed by atoms with Crippen molar-refractivity contribution in [2.45, 2.75) is 43.1 Å². The van der Waals surface area contributed by atoms with E-state index in [4.69, 9.17) is 0 Å². The zero-order valence-electron chi connectivity index (χ0n) is 11.2. The fraction of sp³-hybridized carbons (Fsp3) is 0.538. The van der Waals surface area contributed by atoms with Crippen LogP contribution in [0.1, 0.15) is 20.3 Å². The maximum absolute atomic E-state index is 12.4. The Labute approximate surface area is 116 Å². The summed E-state index contributed by atoms with van der Waals surface area (Å²) < 4.78 is 47.3. The van der Waals surface area contributed by atoms with Gasteiger partial charge in [0, 0.05) is 17.1 Å². The van der Waals surface area contributed by atoms with E-state index in [1.807, 2.05) is 13.8 Å². The van der Waals surface area contributed by atoms with Crippen LogP contribution in [0.25, 0.3) is 0 Å². The summed E-state index contributed by atoms with van der Waals surface area (Å²) >= 11 is 0. The van der Waals surface area contributed by atoms with Crippen molar-refractivity contribution in [3.8, 4) is 0 Å². The minimum absolute atomic E-state index is 0.0649. The second-order valence-corrected chi connectivity index (χ2v) is 7.52. The Balaban J connectivity index is 2.11. The Morgan fingerprint density at radius 3 is 2.25 bits per heavy atom. The Bertz CT molecular complexity index is 584. The first-order valence-corrected chi connectivity index (χ1v) is 7.77. The minimum Gasteiger partial charge on any atom is -0.392 e. The van der Waals surface area contributed by atoms with E-state index in [9.17, 15) is 22.3 Å². The highest BCUT2D eigenvalue weighted by Gasteiger charge is 2.47. The van der Waals surface area contributed by atoms with Crippen molar-refractivity contribution in [2.75, 3.05) is 5.32 Å². The quantitative estimate of drug-likeness (QED) is 0.895. The van der Waals surface area contributed by atoms with Gasteiger partial charge in [-0.2, -0.15) is 8.78 Å². The Morgan fingerprint density at radius 1 is 1.30 bits per heavy atom. The molecule has 0 aromatic heterocycles. The summed E-state index contributed by atoms with van der Waals surface area (Å²) in [5.41, 5.74) is 0.372. The van der Waals surface area contributed by atoms with E-state index in [1.165, 1.54) is 12.1 Å².